The third-order valence-corrected chi connectivity index (χ3v) is 2.78. The van der Waals surface area contributed by atoms with E-state index in [4.69, 9.17) is 16.9 Å². The van der Waals surface area contributed by atoms with Crippen LogP contribution in [0.4, 0.5) is 8.78 Å². The molecule has 74 valence electrons. The normalized spacial score (nSPS) is 10.3. The standard InChI is InChI=1S/C8H4ClF2IN2/c9-2-4-5(12)1-6(8(10)11)14-7(4)3-13/h1,8H,2H2. The maximum atomic E-state index is 12.3. The molecular formula is C8H4ClF2IN2. The monoisotopic (exact) mass is 328 g/mol. The Morgan fingerprint density at radius 1 is 1.64 bits per heavy atom. The number of alkyl halides is 3. The first-order chi connectivity index (χ1) is 6.60. The van der Waals surface area contributed by atoms with Gasteiger partial charge in [0.2, 0.25) is 0 Å². The quantitative estimate of drug-likeness (QED) is 0.617. The van der Waals surface area contributed by atoms with E-state index >= 15 is 0 Å². The Bertz CT molecular complexity index is 390. The van der Waals surface area contributed by atoms with Gasteiger partial charge in [-0.2, -0.15) is 5.26 Å². The fourth-order valence-electron chi connectivity index (χ4n) is 0.890. The molecular weight excluding hydrogens is 324 g/mol. The molecule has 0 amide bonds. The Hall–Kier alpha value is -0.480. The van der Waals surface area contributed by atoms with E-state index in [9.17, 15) is 8.78 Å². The lowest BCUT2D eigenvalue weighted by Gasteiger charge is -2.05. The largest absolute Gasteiger partial charge is 0.280 e. The van der Waals surface area contributed by atoms with E-state index in [2.05, 4.69) is 4.98 Å². The van der Waals surface area contributed by atoms with E-state index in [0.29, 0.717) is 9.13 Å². The molecule has 0 saturated heterocycles. The summed E-state index contributed by atoms with van der Waals surface area (Å²) in [6.45, 7) is 0. The number of hydrogen-bond acceptors (Lipinski definition) is 2. The molecule has 1 rings (SSSR count). The minimum absolute atomic E-state index is 0.0257. The molecule has 0 N–H and O–H groups in total. The second kappa shape index (κ2) is 4.84. The summed E-state index contributed by atoms with van der Waals surface area (Å²) >= 11 is 7.42. The van der Waals surface area contributed by atoms with Gasteiger partial charge in [0.25, 0.3) is 6.43 Å². The molecule has 6 heteroatoms. The van der Waals surface area contributed by atoms with Crippen LogP contribution in [0.25, 0.3) is 0 Å². The molecule has 0 aliphatic rings. The first-order valence-electron chi connectivity index (χ1n) is 3.53. The zero-order chi connectivity index (χ0) is 10.7. The van der Waals surface area contributed by atoms with Crippen LogP contribution in [0.15, 0.2) is 6.07 Å². The van der Waals surface area contributed by atoms with Crippen molar-refractivity contribution in [3.05, 3.63) is 26.6 Å². The van der Waals surface area contributed by atoms with Gasteiger partial charge in [0.1, 0.15) is 17.5 Å². The van der Waals surface area contributed by atoms with Crippen molar-refractivity contribution in [1.82, 2.24) is 4.98 Å². The highest BCUT2D eigenvalue weighted by atomic mass is 127. The van der Waals surface area contributed by atoms with Crippen molar-refractivity contribution in [1.29, 1.82) is 5.26 Å². The van der Waals surface area contributed by atoms with E-state index in [1.165, 1.54) is 6.07 Å². The average molecular weight is 328 g/mol. The van der Waals surface area contributed by atoms with Gasteiger partial charge in [0.05, 0.1) is 5.88 Å². The van der Waals surface area contributed by atoms with Gasteiger partial charge in [0, 0.05) is 9.13 Å². The molecule has 2 nitrogen and oxygen atoms in total. The highest BCUT2D eigenvalue weighted by Gasteiger charge is 2.15. The van der Waals surface area contributed by atoms with Crippen LogP contribution in [0.5, 0.6) is 0 Å². The Morgan fingerprint density at radius 2 is 2.29 bits per heavy atom. The minimum atomic E-state index is -2.67. The number of hydrogen-bond donors (Lipinski definition) is 0. The van der Waals surface area contributed by atoms with Crippen molar-refractivity contribution in [3.63, 3.8) is 0 Å². The molecule has 0 aromatic carbocycles. The Kier molecular flexibility index (Phi) is 4.01. The molecule has 0 spiro atoms. The molecule has 0 radical (unpaired) electrons. The molecule has 1 aromatic heterocycles. The number of pyridine rings is 1. The molecule has 14 heavy (non-hydrogen) atoms. The fourth-order valence-corrected chi connectivity index (χ4v) is 2.15. The highest BCUT2D eigenvalue weighted by molar-refractivity contribution is 14.1. The predicted octanol–water partition coefficient (Wildman–Crippen LogP) is 3.23. The van der Waals surface area contributed by atoms with Gasteiger partial charge >= 0.3 is 0 Å². The van der Waals surface area contributed by atoms with Crippen LogP contribution in [0.2, 0.25) is 0 Å². The predicted molar refractivity (Wildman–Crippen MR) is 56.2 cm³/mol. The van der Waals surface area contributed by atoms with E-state index in [0.717, 1.165) is 0 Å². The van der Waals surface area contributed by atoms with Gasteiger partial charge in [-0.15, -0.1) is 11.6 Å². The number of nitrogens with zero attached hydrogens (tertiary/aromatic N) is 2. The van der Waals surface area contributed by atoms with Crippen molar-refractivity contribution in [2.75, 3.05) is 0 Å². The first kappa shape index (κ1) is 11.6. The van der Waals surface area contributed by atoms with Crippen molar-refractivity contribution in [2.24, 2.45) is 0 Å². The van der Waals surface area contributed by atoms with Crippen LogP contribution in [-0.4, -0.2) is 4.98 Å². The SMILES string of the molecule is N#Cc1nc(C(F)F)cc(I)c1CCl. The summed E-state index contributed by atoms with van der Waals surface area (Å²) < 4.78 is 25.1. The average Bonchev–Trinajstić information content (AvgIpc) is 2.16. The third-order valence-electron chi connectivity index (χ3n) is 1.55. The minimum Gasteiger partial charge on any atom is -0.236 e. The summed E-state index contributed by atoms with van der Waals surface area (Å²) in [6.07, 6.45) is -2.67. The summed E-state index contributed by atoms with van der Waals surface area (Å²) in [5, 5.41) is 8.66. The van der Waals surface area contributed by atoms with E-state index < -0.39 is 6.43 Å². The van der Waals surface area contributed by atoms with Crippen LogP contribution in [0, 0.1) is 14.9 Å². The number of nitriles is 1. The number of aromatic nitrogens is 1. The van der Waals surface area contributed by atoms with Gasteiger partial charge in [-0.05, 0) is 28.7 Å². The zero-order valence-electron chi connectivity index (χ0n) is 6.77. The molecule has 0 aliphatic carbocycles. The van der Waals surface area contributed by atoms with Crippen molar-refractivity contribution >= 4 is 34.2 Å². The van der Waals surface area contributed by atoms with E-state index in [1.807, 2.05) is 22.6 Å². The van der Waals surface area contributed by atoms with Gasteiger partial charge in [-0.1, -0.05) is 0 Å². The second-order valence-corrected chi connectivity index (χ2v) is 3.83. The molecule has 1 heterocycles. The Balaban J connectivity index is 3.33. The van der Waals surface area contributed by atoms with E-state index in [-0.39, 0.29) is 17.3 Å². The first-order valence-corrected chi connectivity index (χ1v) is 5.15. The Labute approximate surface area is 98.0 Å². The van der Waals surface area contributed by atoms with Gasteiger partial charge in [0.15, 0.2) is 0 Å². The zero-order valence-corrected chi connectivity index (χ0v) is 9.68. The van der Waals surface area contributed by atoms with Crippen molar-refractivity contribution < 1.29 is 8.78 Å². The summed E-state index contributed by atoms with van der Waals surface area (Å²) in [7, 11) is 0. The molecule has 0 fully saturated rings. The molecule has 0 atom stereocenters. The second-order valence-electron chi connectivity index (χ2n) is 2.40. The summed E-state index contributed by atoms with van der Waals surface area (Å²) in [5.74, 6) is 0.0949. The van der Waals surface area contributed by atoms with E-state index in [1.54, 1.807) is 6.07 Å². The maximum absolute atomic E-state index is 12.3. The lowest BCUT2D eigenvalue weighted by Crippen LogP contribution is -2.00. The van der Waals surface area contributed by atoms with Gasteiger partial charge in [-0.3, -0.25) is 0 Å². The van der Waals surface area contributed by atoms with Crippen LogP contribution in [0.3, 0.4) is 0 Å². The molecule has 0 aliphatic heterocycles. The lowest BCUT2D eigenvalue weighted by molar-refractivity contribution is 0.146. The molecule has 0 saturated carbocycles. The molecule has 1 aromatic rings. The summed E-state index contributed by atoms with van der Waals surface area (Å²) in [6, 6.07) is 2.99. The highest BCUT2D eigenvalue weighted by Crippen LogP contribution is 2.24. The molecule has 0 unspecified atom stereocenters. The van der Waals surface area contributed by atoms with Crippen LogP contribution >= 0.6 is 34.2 Å². The third kappa shape index (κ3) is 2.30. The molecule has 0 bridgehead atoms. The number of rotatable bonds is 2. The van der Waals surface area contributed by atoms with Crippen LogP contribution in [0.1, 0.15) is 23.4 Å². The van der Waals surface area contributed by atoms with Crippen LogP contribution < -0.4 is 0 Å². The smallest absolute Gasteiger partial charge is 0.236 e. The maximum Gasteiger partial charge on any atom is 0.280 e. The van der Waals surface area contributed by atoms with Gasteiger partial charge < -0.3 is 0 Å². The Morgan fingerprint density at radius 3 is 2.71 bits per heavy atom. The fraction of sp³-hybridized carbons (Fsp3) is 0.250. The van der Waals surface area contributed by atoms with Crippen molar-refractivity contribution in [2.45, 2.75) is 12.3 Å². The van der Waals surface area contributed by atoms with Crippen LogP contribution in [-0.2, 0) is 5.88 Å². The van der Waals surface area contributed by atoms with Gasteiger partial charge in [-0.25, -0.2) is 13.8 Å². The topological polar surface area (TPSA) is 36.7 Å². The van der Waals surface area contributed by atoms with Crippen molar-refractivity contribution in [3.8, 4) is 6.07 Å². The lowest BCUT2D eigenvalue weighted by atomic mass is 10.2. The number of halogens is 4. The summed E-state index contributed by atoms with van der Waals surface area (Å²) in [4.78, 5) is 3.52. The summed E-state index contributed by atoms with van der Waals surface area (Å²) in [5.41, 5.74) is 0.0844.